The summed E-state index contributed by atoms with van der Waals surface area (Å²) in [6.45, 7) is 5.40. The topological polar surface area (TPSA) is 61.4 Å². The van der Waals surface area contributed by atoms with Gasteiger partial charge in [-0.1, -0.05) is 24.3 Å². The average molecular weight is 287 g/mol. The lowest BCUT2D eigenvalue weighted by atomic mass is 9.92. The van der Waals surface area contributed by atoms with Gasteiger partial charge in [0.1, 0.15) is 5.54 Å². The summed E-state index contributed by atoms with van der Waals surface area (Å²) in [7, 11) is 0. The smallest absolute Gasteiger partial charge is 0.245 e. The molecule has 5 nitrogen and oxygen atoms in total. The average Bonchev–Trinajstić information content (AvgIpc) is 2.49. The molecular weight excluding hydrogens is 266 g/mol. The Labute approximate surface area is 124 Å². The largest absolute Gasteiger partial charge is 0.352 e. The van der Waals surface area contributed by atoms with Gasteiger partial charge in [-0.3, -0.25) is 9.59 Å². The number of benzene rings is 1. The van der Waals surface area contributed by atoms with E-state index < -0.39 is 5.54 Å². The number of piperazine rings is 1. The lowest BCUT2D eigenvalue weighted by molar-refractivity contribution is -0.150. The molecule has 0 bridgehead atoms. The first-order valence-corrected chi connectivity index (χ1v) is 7.40. The van der Waals surface area contributed by atoms with Crippen LogP contribution >= 0.6 is 0 Å². The SMILES string of the molecule is CC1(C)C(=O)NCCN1C(=O)C1Cc2ccccc2CN1. The zero-order valence-electron chi connectivity index (χ0n) is 12.5. The molecule has 2 aliphatic heterocycles. The summed E-state index contributed by atoms with van der Waals surface area (Å²) < 4.78 is 0. The van der Waals surface area contributed by atoms with Crippen LogP contribution in [0.15, 0.2) is 24.3 Å². The van der Waals surface area contributed by atoms with Gasteiger partial charge in [0.2, 0.25) is 11.8 Å². The predicted molar refractivity (Wildman–Crippen MR) is 79.6 cm³/mol. The molecule has 2 heterocycles. The number of carbonyl (C=O) groups is 2. The van der Waals surface area contributed by atoms with Gasteiger partial charge in [0.25, 0.3) is 0 Å². The quantitative estimate of drug-likeness (QED) is 0.788. The molecule has 0 aromatic heterocycles. The van der Waals surface area contributed by atoms with Crippen LogP contribution in [0, 0.1) is 0 Å². The van der Waals surface area contributed by atoms with E-state index in [0.29, 0.717) is 26.1 Å². The molecular formula is C16H21N3O2. The van der Waals surface area contributed by atoms with Crippen molar-refractivity contribution in [3.05, 3.63) is 35.4 Å². The van der Waals surface area contributed by atoms with E-state index >= 15 is 0 Å². The van der Waals surface area contributed by atoms with Crippen LogP contribution in [0.25, 0.3) is 0 Å². The predicted octanol–water partition coefficient (Wildman–Crippen LogP) is 0.438. The number of amides is 2. The summed E-state index contributed by atoms with van der Waals surface area (Å²) in [6.07, 6.45) is 0.684. The maximum absolute atomic E-state index is 12.8. The van der Waals surface area contributed by atoms with Crippen molar-refractivity contribution in [1.82, 2.24) is 15.5 Å². The fourth-order valence-corrected chi connectivity index (χ4v) is 3.10. The van der Waals surface area contributed by atoms with Crippen molar-refractivity contribution in [2.45, 2.75) is 38.4 Å². The summed E-state index contributed by atoms with van der Waals surface area (Å²) in [5.74, 6) is -0.0670. The van der Waals surface area contributed by atoms with Crippen molar-refractivity contribution in [2.24, 2.45) is 0 Å². The Balaban J connectivity index is 1.79. The highest BCUT2D eigenvalue weighted by atomic mass is 16.2. The van der Waals surface area contributed by atoms with E-state index in [1.807, 2.05) is 12.1 Å². The Morgan fingerprint density at radius 3 is 2.76 bits per heavy atom. The van der Waals surface area contributed by atoms with Crippen LogP contribution in [0.3, 0.4) is 0 Å². The van der Waals surface area contributed by atoms with Crippen molar-refractivity contribution >= 4 is 11.8 Å². The third-order valence-corrected chi connectivity index (χ3v) is 4.50. The minimum absolute atomic E-state index is 0.0179. The number of hydrogen-bond donors (Lipinski definition) is 2. The summed E-state index contributed by atoms with van der Waals surface area (Å²) in [5.41, 5.74) is 1.68. The maximum atomic E-state index is 12.8. The summed E-state index contributed by atoms with van der Waals surface area (Å²) >= 11 is 0. The summed E-state index contributed by atoms with van der Waals surface area (Å²) in [4.78, 5) is 26.5. The van der Waals surface area contributed by atoms with E-state index in [4.69, 9.17) is 0 Å². The van der Waals surface area contributed by atoms with Gasteiger partial charge in [-0.15, -0.1) is 0 Å². The molecule has 0 saturated carbocycles. The van der Waals surface area contributed by atoms with Crippen molar-refractivity contribution < 1.29 is 9.59 Å². The van der Waals surface area contributed by atoms with Crippen molar-refractivity contribution in [3.8, 4) is 0 Å². The molecule has 112 valence electrons. The van der Waals surface area contributed by atoms with Crippen molar-refractivity contribution in [1.29, 1.82) is 0 Å². The molecule has 1 unspecified atom stereocenters. The zero-order valence-corrected chi connectivity index (χ0v) is 12.5. The molecule has 1 aromatic carbocycles. The van der Waals surface area contributed by atoms with Gasteiger partial charge in [0.05, 0.1) is 6.04 Å². The molecule has 5 heteroatoms. The minimum Gasteiger partial charge on any atom is -0.352 e. The van der Waals surface area contributed by atoms with E-state index in [-0.39, 0.29) is 17.9 Å². The number of nitrogens with one attached hydrogen (secondary N) is 2. The van der Waals surface area contributed by atoms with Crippen LogP contribution in [-0.4, -0.2) is 41.4 Å². The van der Waals surface area contributed by atoms with Crippen LogP contribution in [0.4, 0.5) is 0 Å². The lowest BCUT2D eigenvalue weighted by Gasteiger charge is -2.43. The van der Waals surface area contributed by atoms with Crippen LogP contribution in [0.2, 0.25) is 0 Å². The molecule has 2 aliphatic rings. The standard InChI is InChI=1S/C16H21N3O2/c1-16(2)15(21)17-7-8-19(16)14(20)13-9-11-5-3-4-6-12(11)10-18-13/h3-6,13,18H,7-10H2,1-2H3,(H,17,21). The molecule has 1 fully saturated rings. The normalized spacial score (nSPS) is 24.2. The minimum atomic E-state index is -0.784. The number of nitrogens with zero attached hydrogens (tertiary/aromatic N) is 1. The van der Waals surface area contributed by atoms with Crippen molar-refractivity contribution in [2.75, 3.05) is 13.1 Å². The fourth-order valence-electron chi connectivity index (χ4n) is 3.10. The molecule has 1 atom stereocenters. The van der Waals surface area contributed by atoms with Crippen LogP contribution in [0.1, 0.15) is 25.0 Å². The third-order valence-electron chi connectivity index (χ3n) is 4.50. The molecule has 1 saturated heterocycles. The molecule has 2 amide bonds. The Bertz CT molecular complexity index is 583. The first kappa shape index (κ1) is 14.1. The highest BCUT2D eigenvalue weighted by Gasteiger charge is 2.42. The number of carbonyl (C=O) groups excluding carboxylic acids is 2. The fraction of sp³-hybridized carbons (Fsp3) is 0.500. The van der Waals surface area contributed by atoms with E-state index in [1.165, 1.54) is 11.1 Å². The van der Waals surface area contributed by atoms with Gasteiger partial charge < -0.3 is 15.5 Å². The van der Waals surface area contributed by atoms with Gasteiger partial charge >= 0.3 is 0 Å². The molecule has 1 aromatic rings. The lowest BCUT2D eigenvalue weighted by Crippen LogP contribution is -2.66. The molecule has 0 spiro atoms. The number of hydrogen-bond acceptors (Lipinski definition) is 3. The highest BCUT2D eigenvalue weighted by Crippen LogP contribution is 2.22. The first-order chi connectivity index (χ1) is 10.00. The van der Waals surface area contributed by atoms with Gasteiger partial charge in [-0.05, 0) is 31.4 Å². The van der Waals surface area contributed by atoms with Crippen LogP contribution < -0.4 is 10.6 Å². The first-order valence-electron chi connectivity index (χ1n) is 7.40. The summed E-state index contributed by atoms with van der Waals surface area (Å²) in [6, 6.07) is 7.93. The zero-order chi connectivity index (χ0) is 15.0. The Hall–Kier alpha value is -1.88. The van der Waals surface area contributed by atoms with E-state index in [1.54, 1.807) is 18.7 Å². The number of rotatable bonds is 1. The van der Waals surface area contributed by atoms with Crippen molar-refractivity contribution in [3.63, 3.8) is 0 Å². The van der Waals surface area contributed by atoms with E-state index in [0.717, 1.165) is 0 Å². The second-order valence-corrected chi connectivity index (χ2v) is 6.21. The van der Waals surface area contributed by atoms with Crippen LogP contribution in [-0.2, 0) is 22.6 Å². The van der Waals surface area contributed by atoms with Gasteiger partial charge in [-0.25, -0.2) is 0 Å². The molecule has 0 aliphatic carbocycles. The van der Waals surface area contributed by atoms with Gasteiger partial charge in [0.15, 0.2) is 0 Å². The van der Waals surface area contributed by atoms with Gasteiger partial charge in [0, 0.05) is 19.6 Å². The Morgan fingerprint density at radius 1 is 1.29 bits per heavy atom. The molecule has 21 heavy (non-hydrogen) atoms. The second-order valence-electron chi connectivity index (χ2n) is 6.21. The molecule has 3 rings (SSSR count). The van der Waals surface area contributed by atoms with Gasteiger partial charge in [-0.2, -0.15) is 0 Å². The molecule has 0 radical (unpaired) electrons. The second kappa shape index (κ2) is 5.15. The summed E-state index contributed by atoms with van der Waals surface area (Å²) in [5, 5.41) is 6.12. The maximum Gasteiger partial charge on any atom is 0.245 e. The molecule has 2 N–H and O–H groups in total. The Kier molecular flexibility index (Phi) is 3.45. The monoisotopic (exact) mass is 287 g/mol. The van der Waals surface area contributed by atoms with E-state index in [9.17, 15) is 9.59 Å². The van der Waals surface area contributed by atoms with Crippen LogP contribution in [0.5, 0.6) is 0 Å². The van der Waals surface area contributed by atoms with E-state index in [2.05, 4.69) is 22.8 Å². The third kappa shape index (κ3) is 2.42. The highest BCUT2D eigenvalue weighted by molar-refractivity contribution is 5.93. The number of fused-ring (bicyclic) bond motifs is 1. The Morgan fingerprint density at radius 2 is 2.00 bits per heavy atom.